The van der Waals surface area contributed by atoms with Gasteiger partial charge in [0.05, 0.1) is 27.7 Å². The zero-order valence-electron chi connectivity index (χ0n) is 37.4. The predicted octanol–water partition coefficient (Wildman–Crippen LogP) is 11.3. The fraction of sp³-hybridized carbons (Fsp3) is 0.646. The van der Waals surface area contributed by atoms with Crippen LogP contribution in [0.4, 0.5) is 0 Å². The van der Waals surface area contributed by atoms with Crippen molar-refractivity contribution in [2.75, 3.05) is 47.5 Å². The van der Waals surface area contributed by atoms with E-state index in [2.05, 4.69) is 62.5 Å². The molecule has 0 aromatic rings. The van der Waals surface area contributed by atoms with Gasteiger partial charge in [0, 0.05) is 19.3 Å². The van der Waals surface area contributed by atoms with Crippen molar-refractivity contribution in [3.05, 3.63) is 85.1 Å². The van der Waals surface area contributed by atoms with E-state index in [-0.39, 0.29) is 31.8 Å². The van der Waals surface area contributed by atoms with Crippen molar-refractivity contribution in [1.82, 2.24) is 0 Å². The maximum absolute atomic E-state index is 12.7. The summed E-state index contributed by atoms with van der Waals surface area (Å²) in [6, 6.07) is 0. The number of nitrogens with zero attached hydrogens (tertiary/aromatic N) is 1. The number of hydrogen-bond acceptors (Lipinski definition) is 9. The van der Waals surface area contributed by atoms with Crippen LogP contribution in [0.5, 0.6) is 0 Å². The standard InChI is InChI=1S/C48H80NO9P/c1-6-8-10-11-12-13-14-15-16-17-18-19-22-26-29-32-36-40-48(52)58-46(44-57-59(53,54)56-42-41-49(3,4)5)43-55-47(51)39-35-31-28-25-23-20-21-24-27-30-34-38-45(50)37-33-9-7-2/h12-13,15-16,18-21,25,27-28,30,34,38,46H,6-11,14,17,22-24,26,29,31-33,35-37,39-44H2,1-5H3/b13-12-,16-15-,19-18-,21-20-,28-25-,30-27-,38-34+/t46-/m1/s1. The van der Waals surface area contributed by atoms with Crippen LogP contribution < -0.4 is 4.89 Å². The second kappa shape index (κ2) is 39.0. The first-order chi connectivity index (χ1) is 28.4. The Hall–Kier alpha value is -3.14. The third-order valence-corrected chi connectivity index (χ3v) is 9.83. The van der Waals surface area contributed by atoms with Gasteiger partial charge in [-0.15, -0.1) is 0 Å². The maximum Gasteiger partial charge on any atom is 0.306 e. The summed E-state index contributed by atoms with van der Waals surface area (Å²) in [5.74, 6) is -0.803. The van der Waals surface area contributed by atoms with Gasteiger partial charge in [0.2, 0.25) is 0 Å². The lowest BCUT2D eigenvalue weighted by molar-refractivity contribution is -0.870. The Bertz CT molecular complexity index is 1340. The summed E-state index contributed by atoms with van der Waals surface area (Å²) in [7, 11) is 1.07. The lowest BCUT2D eigenvalue weighted by atomic mass is 10.1. The van der Waals surface area contributed by atoms with Crippen molar-refractivity contribution in [3.8, 4) is 0 Å². The molecule has 2 atom stereocenters. The minimum absolute atomic E-state index is 0.0585. The number of phosphoric ester groups is 1. The topological polar surface area (TPSA) is 128 Å². The molecule has 10 nitrogen and oxygen atoms in total. The molecule has 0 fully saturated rings. The number of hydrogen-bond donors (Lipinski definition) is 0. The summed E-state index contributed by atoms with van der Waals surface area (Å²) in [6.07, 6.45) is 46.0. The summed E-state index contributed by atoms with van der Waals surface area (Å²) >= 11 is 0. The largest absolute Gasteiger partial charge is 0.756 e. The highest BCUT2D eigenvalue weighted by Crippen LogP contribution is 2.38. The van der Waals surface area contributed by atoms with Crippen molar-refractivity contribution >= 4 is 25.5 Å². The van der Waals surface area contributed by atoms with Crippen LogP contribution in [-0.2, 0) is 37.5 Å². The number of esters is 2. The molecule has 0 heterocycles. The number of ketones is 1. The summed E-state index contributed by atoms with van der Waals surface area (Å²) in [5, 5.41) is 0. The molecule has 0 aromatic carbocycles. The molecule has 0 spiro atoms. The van der Waals surface area contributed by atoms with Crippen LogP contribution in [0.15, 0.2) is 85.1 Å². The number of carbonyl (C=O) groups is 3. The van der Waals surface area contributed by atoms with Gasteiger partial charge in [-0.2, -0.15) is 0 Å². The van der Waals surface area contributed by atoms with Crippen LogP contribution in [0.3, 0.4) is 0 Å². The molecule has 0 amide bonds. The van der Waals surface area contributed by atoms with Crippen LogP contribution in [0.2, 0.25) is 0 Å². The molecule has 0 N–H and O–H groups in total. The lowest BCUT2D eigenvalue weighted by Gasteiger charge is -2.28. The average Bonchev–Trinajstić information content (AvgIpc) is 3.18. The fourth-order valence-electron chi connectivity index (χ4n) is 5.31. The van der Waals surface area contributed by atoms with Gasteiger partial charge in [-0.25, -0.2) is 0 Å². The van der Waals surface area contributed by atoms with Gasteiger partial charge in [0.1, 0.15) is 19.8 Å². The van der Waals surface area contributed by atoms with Crippen LogP contribution in [0.1, 0.15) is 149 Å². The lowest BCUT2D eigenvalue weighted by Crippen LogP contribution is -2.37. The number of rotatable bonds is 39. The van der Waals surface area contributed by atoms with E-state index in [0.29, 0.717) is 36.7 Å². The molecule has 59 heavy (non-hydrogen) atoms. The van der Waals surface area contributed by atoms with E-state index in [1.807, 2.05) is 45.4 Å². The third kappa shape index (κ3) is 42.8. The Balaban J connectivity index is 4.55. The smallest absolute Gasteiger partial charge is 0.306 e. The first-order valence-corrected chi connectivity index (χ1v) is 23.7. The number of allylic oxidation sites excluding steroid dienone is 14. The number of likely N-dealkylation sites (N-methyl/N-ethyl adjacent to an activating group) is 1. The molecule has 11 heteroatoms. The van der Waals surface area contributed by atoms with Crippen molar-refractivity contribution < 1.29 is 46.8 Å². The Labute approximate surface area is 358 Å². The third-order valence-electron chi connectivity index (χ3n) is 8.86. The summed E-state index contributed by atoms with van der Waals surface area (Å²) in [6.45, 7) is 3.90. The predicted molar refractivity (Wildman–Crippen MR) is 241 cm³/mol. The van der Waals surface area contributed by atoms with E-state index in [1.165, 1.54) is 25.7 Å². The molecule has 0 aromatic heterocycles. The van der Waals surface area contributed by atoms with Gasteiger partial charge in [0.25, 0.3) is 7.82 Å². The fourth-order valence-corrected chi connectivity index (χ4v) is 6.04. The number of ether oxygens (including phenoxy) is 2. The van der Waals surface area contributed by atoms with Crippen molar-refractivity contribution in [2.24, 2.45) is 0 Å². The molecule has 0 saturated carbocycles. The van der Waals surface area contributed by atoms with Gasteiger partial charge >= 0.3 is 11.9 Å². The van der Waals surface area contributed by atoms with Crippen molar-refractivity contribution in [3.63, 3.8) is 0 Å². The second-order valence-electron chi connectivity index (χ2n) is 15.7. The zero-order valence-corrected chi connectivity index (χ0v) is 38.3. The SMILES string of the molecule is CCCCC/C=C\C/C=C\C/C=C\CCCCCCC(=O)O[C@H](COC(=O)CCC/C=C\C/C=C\C/C=C\C=C\C(=O)CCCCC)COP(=O)([O-])OCC[N+](C)(C)C. The van der Waals surface area contributed by atoms with E-state index < -0.39 is 32.5 Å². The van der Waals surface area contributed by atoms with E-state index in [9.17, 15) is 23.8 Å². The molecule has 0 radical (unpaired) electrons. The molecule has 0 bridgehead atoms. The Morgan fingerprint density at radius 1 is 0.576 bits per heavy atom. The minimum Gasteiger partial charge on any atom is -0.756 e. The summed E-state index contributed by atoms with van der Waals surface area (Å²) in [4.78, 5) is 49.2. The Morgan fingerprint density at radius 2 is 1.08 bits per heavy atom. The first-order valence-electron chi connectivity index (χ1n) is 22.2. The zero-order chi connectivity index (χ0) is 43.7. The molecule has 0 aliphatic rings. The molecular formula is C48H80NO9P. The van der Waals surface area contributed by atoms with Crippen molar-refractivity contribution in [1.29, 1.82) is 0 Å². The first kappa shape index (κ1) is 55.9. The van der Waals surface area contributed by atoms with Gasteiger partial charge in [-0.3, -0.25) is 18.9 Å². The average molecular weight is 846 g/mol. The van der Waals surface area contributed by atoms with E-state index in [0.717, 1.165) is 70.6 Å². The molecule has 0 aliphatic heterocycles. The van der Waals surface area contributed by atoms with Gasteiger partial charge < -0.3 is 27.9 Å². The summed E-state index contributed by atoms with van der Waals surface area (Å²) < 4.78 is 33.8. The second-order valence-corrected chi connectivity index (χ2v) is 17.1. The minimum atomic E-state index is -4.66. The highest BCUT2D eigenvalue weighted by Gasteiger charge is 2.21. The normalized spacial score (nSPS) is 14.3. The Morgan fingerprint density at radius 3 is 1.69 bits per heavy atom. The van der Waals surface area contributed by atoms with Crippen LogP contribution in [0.25, 0.3) is 0 Å². The molecule has 1 unspecified atom stereocenters. The number of quaternary nitrogens is 1. The molecular weight excluding hydrogens is 766 g/mol. The van der Waals surface area contributed by atoms with E-state index in [4.69, 9.17) is 18.5 Å². The van der Waals surface area contributed by atoms with Gasteiger partial charge in [0.15, 0.2) is 11.9 Å². The van der Waals surface area contributed by atoms with Crippen LogP contribution in [-0.4, -0.2) is 75.8 Å². The van der Waals surface area contributed by atoms with E-state index in [1.54, 1.807) is 12.2 Å². The number of carbonyl (C=O) groups excluding carboxylic acids is 3. The number of unbranched alkanes of at least 4 members (excludes halogenated alkanes) is 10. The number of phosphoric acid groups is 1. The van der Waals surface area contributed by atoms with Gasteiger partial charge in [-0.05, 0) is 83.1 Å². The molecule has 0 aliphatic carbocycles. The van der Waals surface area contributed by atoms with Gasteiger partial charge in [-0.1, -0.05) is 131 Å². The quantitative estimate of drug-likeness (QED) is 0.0113. The molecule has 0 saturated heterocycles. The molecule has 336 valence electrons. The van der Waals surface area contributed by atoms with E-state index >= 15 is 0 Å². The Kier molecular flexibility index (Phi) is 36.9. The maximum atomic E-state index is 12.7. The molecule has 0 rings (SSSR count). The highest BCUT2D eigenvalue weighted by molar-refractivity contribution is 7.45. The van der Waals surface area contributed by atoms with Crippen LogP contribution >= 0.6 is 7.82 Å². The highest BCUT2D eigenvalue weighted by atomic mass is 31.2. The van der Waals surface area contributed by atoms with Crippen LogP contribution in [0, 0.1) is 0 Å². The monoisotopic (exact) mass is 846 g/mol. The van der Waals surface area contributed by atoms with Crippen molar-refractivity contribution in [2.45, 2.75) is 155 Å². The summed E-state index contributed by atoms with van der Waals surface area (Å²) in [5.41, 5.74) is 0.